The molecule has 9 rings (SSSR count). The number of carbonyl (C=O) groups excluding carboxylic acids is 2. The monoisotopic (exact) mass is 933 g/mol. The molecule has 1 unspecified atom stereocenters. The Morgan fingerprint density at radius 2 is 1.64 bits per heavy atom. The van der Waals surface area contributed by atoms with E-state index in [-0.39, 0.29) is 24.6 Å². The maximum absolute atomic E-state index is 13.4. The second kappa shape index (κ2) is 19.4. The number of para-hydroxylation sites is 1. The lowest BCUT2D eigenvalue weighted by Crippen LogP contribution is -2.60. The Morgan fingerprint density at radius 1 is 0.909 bits per heavy atom. The zero-order chi connectivity index (χ0) is 46.1. The molecule has 1 N–H and O–H groups in total. The Balaban J connectivity index is 0.723. The fraction of sp³-hybridized carbons (Fsp3) is 0.480. The van der Waals surface area contributed by atoms with Crippen LogP contribution < -0.4 is 25.4 Å². The minimum absolute atomic E-state index is 0.225. The molecule has 1 atom stereocenters. The van der Waals surface area contributed by atoms with E-state index < -0.39 is 17.4 Å². The first-order chi connectivity index (χ1) is 31.9. The number of fused-ring (bicyclic) bond motifs is 1. The summed E-state index contributed by atoms with van der Waals surface area (Å²) in [6.45, 7) is 11.7. The number of likely N-dealkylation sites (tertiary alicyclic amines) is 2. The van der Waals surface area contributed by atoms with E-state index in [9.17, 15) is 19.6 Å². The van der Waals surface area contributed by atoms with Crippen molar-refractivity contribution in [1.82, 2.24) is 34.2 Å². The van der Waals surface area contributed by atoms with E-state index in [0.29, 0.717) is 47.2 Å². The number of ether oxygens (including phenoxy) is 2. The van der Waals surface area contributed by atoms with E-state index >= 15 is 0 Å². The van der Waals surface area contributed by atoms with Crippen LogP contribution in [-0.2, 0) is 35.2 Å². The summed E-state index contributed by atoms with van der Waals surface area (Å²) in [4.78, 5) is 54.9. The number of anilines is 1. The van der Waals surface area contributed by atoms with Crippen molar-refractivity contribution in [3.8, 4) is 17.6 Å². The summed E-state index contributed by atoms with van der Waals surface area (Å²) in [5, 5.41) is 12.6. The molecule has 14 nitrogen and oxygen atoms in total. The van der Waals surface area contributed by atoms with Gasteiger partial charge in [-0.1, -0.05) is 49.7 Å². The lowest BCUT2D eigenvalue weighted by Gasteiger charge is -2.49. The van der Waals surface area contributed by atoms with Crippen molar-refractivity contribution < 1.29 is 19.1 Å². The standard InChI is InChI=1S/C50H57Cl2N9O5/c1-50(2,37-25-35(27-53)46(41(52)26-37)65-24-18-51)36-7-9-40(10-8-36)66-31-38-13-19-54-48(55-38)60-22-16-33(17-23-60)32-14-20-59(21-15-32)39-29-58(30-39)28-34-5-4-6-42-45(34)57(3)49(64)61(42)43-11-12-44(62)56-47(43)63/h4-10,13,19,25-26,32-33,39,43H,11-12,14-18,20-24,28-31H2,1-3H3,(H,56,62,63). The molecule has 5 aromatic rings. The average molecular weight is 935 g/mol. The number of nitrogens with zero attached hydrogens (tertiary/aromatic N) is 8. The number of hydrogen-bond donors (Lipinski definition) is 1. The SMILES string of the molecule is Cn1c(=O)n(C2CCC(=O)NC2=O)c2cccc(CN3CC(N4CCC(C5CCN(c6nccc(COc7ccc(C(C)(C)c8cc(Cl)c(OCCCl)c(C#N)c8)cc7)n6)CC5)CC4)C3)c21. The number of halogens is 2. The van der Waals surface area contributed by atoms with Gasteiger partial charge in [0.2, 0.25) is 17.8 Å². The van der Waals surface area contributed by atoms with Crippen LogP contribution in [0.15, 0.2) is 71.7 Å². The minimum atomic E-state index is -0.684. The van der Waals surface area contributed by atoms with Crippen molar-refractivity contribution >= 4 is 52.0 Å². The molecular formula is C50H57Cl2N9O5. The molecule has 2 aromatic heterocycles. The first-order valence-electron chi connectivity index (χ1n) is 23.1. The van der Waals surface area contributed by atoms with Crippen LogP contribution in [-0.4, -0.2) is 98.5 Å². The van der Waals surface area contributed by atoms with Gasteiger partial charge in [-0.2, -0.15) is 5.26 Å². The third-order valence-electron chi connectivity index (χ3n) is 14.5. The van der Waals surface area contributed by atoms with Crippen LogP contribution in [0.4, 0.5) is 5.95 Å². The molecular weight excluding hydrogens is 878 g/mol. The highest BCUT2D eigenvalue weighted by Gasteiger charge is 2.37. The molecule has 0 saturated carbocycles. The molecule has 0 radical (unpaired) electrons. The van der Waals surface area contributed by atoms with Crippen molar-refractivity contribution in [2.75, 3.05) is 56.7 Å². The first kappa shape index (κ1) is 45.7. The van der Waals surface area contributed by atoms with E-state index in [1.807, 2.05) is 60.8 Å². The molecule has 2 amide bonds. The zero-order valence-electron chi connectivity index (χ0n) is 37.8. The lowest BCUT2D eigenvalue weighted by atomic mass is 9.77. The fourth-order valence-corrected chi connectivity index (χ4v) is 10.9. The molecule has 346 valence electrons. The van der Waals surface area contributed by atoms with Crippen LogP contribution in [0.2, 0.25) is 5.02 Å². The number of piperidine rings is 3. The quantitative estimate of drug-likeness (QED) is 0.0909. The number of imide groups is 1. The summed E-state index contributed by atoms with van der Waals surface area (Å²) in [6.07, 6.45) is 7.12. The number of amides is 2. The molecule has 0 bridgehead atoms. The van der Waals surface area contributed by atoms with Crippen LogP contribution in [0.5, 0.6) is 11.5 Å². The smallest absolute Gasteiger partial charge is 0.329 e. The Bertz CT molecular complexity index is 2690. The summed E-state index contributed by atoms with van der Waals surface area (Å²) in [5.41, 5.74) is 5.16. The van der Waals surface area contributed by atoms with E-state index in [1.165, 1.54) is 12.8 Å². The number of imidazole rings is 1. The van der Waals surface area contributed by atoms with Crippen LogP contribution in [0.25, 0.3) is 11.0 Å². The summed E-state index contributed by atoms with van der Waals surface area (Å²) < 4.78 is 15.1. The number of nitriles is 1. The number of hydrogen-bond acceptors (Lipinski definition) is 11. The van der Waals surface area contributed by atoms with Crippen LogP contribution in [0.1, 0.15) is 86.4 Å². The minimum Gasteiger partial charge on any atom is -0.489 e. The zero-order valence-corrected chi connectivity index (χ0v) is 39.4. The maximum atomic E-state index is 13.4. The molecule has 66 heavy (non-hydrogen) atoms. The molecule has 4 fully saturated rings. The maximum Gasteiger partial charge on any atom is 0.329 e. The average Bonchev–Trinajstić information content (AvgIpc) is 3.57. The Labute approximate surface area is 395 Å². The predicted octanol–water partition coefficient (Wildman–Crippen LogP) is 6.97. The van der Waals surface area contributed by atoms with Crippen LogP contribution in [0.3, 0.4) is 0 Å². The van der Waals surface area contributed by atoms with E-state index in [4.69, 9.17) is 37.7 Å². The highest BCUT2D eigenvalue weighted by molar-refractivity contribution is 6.32. The summed E-state index contributed by atoms with van der Waals surface area (Å²) in [6, 6.07) is 21.6. The molecule has 4 aliphatic heterocycles. The number of rotatable bonds is 14. The largest absolute Gasteiger partial charge is 0.489 e. The van der Waals surface area contributed by atoms with Gasteiger partial charge in [-0.3, -0.25) is 33.8 Å². The van der Waals surface area contributed by atoms with Gasteiger partial charge in [0.15, 0.2) is 5.75 Å². The third-order valence-corrected chi connectivity index (χ3v) is 14.9. The molecule has 16 heteroatoms. The van der Waals surface area contributed by atoms with Gasteiger partial charge in [-0.05, 0) is 110 Å². The Hall–Kier alpha value is -5.46. The number of carbonyl (C=O) groups is 2. The number of benzene rings is 3. The van der Waals surface area contributed by atoms with E-state index in [0.717, 1.165) is 110 Å². The molecule has 4 aliphatic rings. The van der Waals surface area contributed by atoms with E-state index in [2.05, 4.69) is 51.0 Å². The van der Waals surface area contributed by atoms with E-state index in [1.54, 1.807) is 16.2 Å². The second-order valence-corrected chi connectivity index (χ2v) is 19.6. The van der Waals surface area contributed by atoms with Gasteiger partial charge in [-0.15, -0.1) is 11.6 Å². The van der Waals surface area contributed by atoms with Gasteiger partial charge in [-0.25, -0.2) is 14.8 Å². The lowest BCUT2D eigenvalue weighted by molar-refractivity contribution is -0.135. The molecule has 3 aromatic carbocycles. The Kier molecular flexibility index (Phi) is 13.4. The van der Waals surface area contributed by atoms with Crippen molar-refractivity contribution in [2.45, 2.75) is 83.0 Å². The van der Waals surface area contributed by atoms with Crippen molar-refractivity contribution in [1.29, 1.82) is 5.26 Å². The van der Waals surface area contributed by atoms with Crippen LogP contribution >= 0.6 is 23.2 Å². The van der Waals surface area contributed by atoms with Crippen molar-refractivity contribution in [3.63, 3.8) is 0 Å². The number of aromatic nitrogens is 4. The molecule has 0 aliphatic carbocycles. The van der Waals surface area contributed by atoms with Crippen LogP contribution in [0, 0.1) is 23.2 Å². The highest BCUT2D eigenvalue weighted by atomic mass is 35.5. The van der Waals surface area contributed by atoms with Gasteiger partial charge in [0.25, 0.3) is 0 Å². The molecule has 6 heterocycles. The predicted molar refractivity (Wildman–Crippen MR) is 254 cm³/mol. The van der Waals surface area contributed by atoms with Crippen molar-refractivity contribution in [3.05, 3.63) is 110 Å². The number of alkyl halides is 1. The molecule has 4 saturated heterocycles. The summed E-state index contributed by atoms with van der Waals surface area (Å²) in [7, 11) is 1.77. The normalized spacial score (nSPS) is 19.5. The summed E-state index contributed by atoms with van der Waals surface area (Å²) in [5.74, 6) is 2.90. The van der Waals surface area contributed by atoms with Crippen molar-refractivity contribution in [2.24, 2.45) is 18.9 Å². The van der Waals surface area contributed by atoms with Gasteiger partial charge in [0.05, 0.1) is 33.2 Å². The van der Waals surface area contributed by atoms with Gasteiger partial charge < -0.3 is 14.4 Å². The Morgan fingerprint density at radius 3 is 2.33 bits per heavy atom. The second-order valence-electron chi connectivity index (χ2n) is 18.8. The van der Waals surface area contributed by atoms with Gasteiger partial charge >= 0.3 is 5.69 Å². The first-order valence-corrected chi connectivity index (χ1v) is 24.0. The fourth-order valence-electron chi connectivity index (χ4n) is 10.6. The topological polar surface area (TPSA) is 151 Å². The van der Waals surface area contributed by atoms with Gasteiger partial charge in [0, 0.05) is 63.8 Å². The van der Waals surface area contributed by atoms with Gasteiger partial charge in [0.1, 0.15) is 31.1 Å². The third kappa shape index (κ3) is 9.28. The highest BCUT2D eigenvalue weighted by Crippen LogP contribution is 2.39. The number of aryl methyl sites for hydroxylation is 1. The number of nitrogens with one attached hydrogen (secondary N) is 1. The summed E-state index contributed by atoms with van der Waals surface area (Å²) >= 11 is 12.4. The molecule has 0 spiro atoms.